The average Bonchev–Trinajstić information content (AvgIpc) is 3.06. The van der Waals surface area contributed by atoms with Crippen molar-refractivity contribution in [1.82, 2.24) is 4.90 Å². The molecule has 1 unspecified atom stereocenters. The second-order valence-corrected chi connectivity index (χ2v) is 8.39. The summed E-state index contributed by atoms with van der Waals surface area (Å²) in [6.45, 7) is 10.6. The molecule has 1 aromatic heterocycles. The Bertz CT molecular complexity index is 1290. The SMILES string of the molecule is C=CCN1C(=O)c2oc3cc(C)cc(C)c3c(=O)c2C1c1ccc(OCCCC)c(OC)c1. The summed E-state index contributed by atoms with van der Waals surface area (Å²) in [5.74, 6) is 0.952. The van der Waals surface area contributed by atoms with Gasteiger partial charge in [0, 0.05) is 6.54 Å². The monoisotopic (exact) mass is 447 g/mol. The number of benzene rings is 2. The number of fused-ring (bicyclic) bond motifs is 2. The van der Waals surface area contributed by atoms with Crippen LogP contribution in [0, 0.1) is 13.8 Å². The van der Waals surface area contributed by atoms with Gasteiger partial charge in [0.15, 0.2) is 16.9 Å². The van der Waals surface area contributed by atoms with E-state index in [2.05, 4.69) is 13.5 Å². The van der Waals surface area contributed by atoms with Crippen LogP contribution in [0.4, 0.5) is 0 Å². The summed E-state index contributed by atoms with van der Waals surface area (Å²) in [5, 5.41) is 0.504. The third-order valence-electron chi connectivity index (χ3n) is 6.00. The van der Waals surface area contributed by atoms with Gasteiger partial charge in [0.05, 0.1) is 30.7 Å². The molecule has 1 aliphatic heterocycles. The molecule has 1 amide bonds. The second kappa shape index (κ2) is 9.14. The highest BCUT2D eigenvalue weighted by Crippen LogP contribution is 2.41. The summed E-state index contributed by atoms with van der Waals surface area (Å²) < 4.78 is 17.5. The first-order valence-corrected chi connectivity index (χ1v) is 11.2. The van der Waals surface area contributed by atoms with Crippen LogP contribution in [0.5, 0.6) is 11.5 Å². The van der Waals surface area contributed by atoms with Gasteiger partial charge < -0.3 is 18.8 Å². The predicted molar refractivity (Wildman–Crippen MR) is 128 cm³/mol. The topological polar surface area (TPSA) is 69.0 Å². The number of rotatable bonds is 8. The van der Waals surface area contributed by atoms with Crippen LogP contribution in [0.15, 0.2) is 52.2 Å². The minimum Gasteiger partial charge on any atom is -0.493 e. The second-order valence-electron chi connectivity index (χ2n) is 8.39. The minimum atomic E-state index is -0.606. The molecular formula is C27H29NO5. The molecule has 0 spiro atoms. The quantitative estimate of drug-likeness (QED) is 0.345. The Hall–Kier alpha value is -3.54. The Kier molecular flexibility index (Phi) is 6.27. The number of unbranched alkanes of at least 4 members (excludes halogenated alkanes) is 1. The number of nitrogens with zero attached hydrogens (tertiary/aromatic N) is 1. The summed E-state index contributed by atoms with van der Waals surface area (Å²) >= 11 is 0. The maximum absolute atomic E-state index is 13.7. The standard InChI is InChI=1S/C27H29NO5/c1-6-8-12-32-19-10-9-18(15-20(19)31-5)24-23-25(29)22-17(4)13-16(3)14-21(22)33-26(23)27(30)28(24)11-7-2/h7,9-10,13-15,24H,2,6,8,11-12H2,1,3-5H3. The van der Waals surface area contributed by atoms with Crippen molar-refractivity contribution in [2.75, 3.05) is 20.3 Å². The molecule has 3 aromatic rings. The summed E-state index contributed by atoms with van der Waals surface area (Å²) in [6.07, 6.45) is 3.62. The number of methoxy groups -OCH3 is 1. The van der Waals surface area contributed by atoms with Gasteiger partial charge in [-0.05, 0) is 55.2 Å². The van der Waals surface area contributed by atoms with E-state index in [1.165, 1.54) is 0 Å². The highest BCUT2D eigenvalue weighted by Gasteiger charge is 2.42. The number of hydrogen-bond donors (Lipinski definition) is 0. The van der Waals surface area contributed by atoms with Crippen LogP contribution in [0.25, 0.3) is 11.0 Å². The fourth-order valence-electron chi connectivity index (χ4n) is 4.49. The molecule has 172 valence electrons. The van der Waals surface area contributed by atoms with E-state index in [4.69, 9.17) is 13.9 Å². The van der Waals surface area contributed by atoms with Crippen molar-refractivity contribution < 1.29 is 18.7 Å². The highest BCUT2D eigenvalue weighted by atomic mass is 16.5. The van der Waals surface area contributed by atoms with Crippen LogP contribution >= 0.6 is 0 Å². The fourth-order valence-corrected chi connectivity index (χ4v) is 4.49. The third kappa shape index (κ3) is 3.90. The molecule has 0 saturated carbocycles. The summed E-state index contributed by atoms with van der Waals surface area (Å²) in [6, 6.07) is 8.67. The molecule has 1 atom stereocenters. The van der Waals surface area contributed by atoms with Crippen LogP contribution < -0.4 is 14.9 Å². The van der Waals surface area contributed by atoms with Gasteiger partial charge in [-0.15, -0.1) is 6.58 Å². The van der Waals surface area contributed by atoms with Crippen LogP contribution in [0.3, 0.4) is 0 Å². The first kappa shape index (κ1) is 22.6. The van der Waals surface area contributed by atoms with Gasteiger partial charge >= 0.3 is 0 Å². The molecule has 0 radical (unpaired) electrons. The summed E-state index contributed by atoms with van der Waals surface area (Å²) in [4.78, 5) is 28.6. The molecule has 2 aromatic carbocycles. The van der Waals surface area contributed by atoms with E-state index < -0.39 is 6.04 Å². The van der Waals surface area contributed by atoms with Crippen molar-refractivity contribution in [2.24, 2.45) is 0 Å². The average molecular weight is 448 g/mol. The van der Waals surface area contributed by atoms with E-state index in [0.717, 1.165) is 29.5 Å². The fraction of sp³-hybridized carbons (Fsp3) is 0.333. The largest absolute Gasteiger partial charge is 0.493 e. The maximum Gasteiger partial charge on any atom is 0.291 e. The molecular weight excluding hydrogens is 418 g/mol. The van der Waals surface area contributed by atoms with Crippen molar-refractivity contribution in [3.8, 4) is 11.5 Å². The van der Waals surface area contributed by atoms with Gasteiger partial charge in [0.25, 0.3) is 5.91 Å². The smallest absolute Gasteiger partial charge is 0.291 e. The molecule has 6 nitrogen and oxygen atoms in total. The Labute approximate surface area is 193 Å². The third-order valence-corrected chi connectivity index (χ3v) is 6.00. The molecule has 2 heterocycles. The number of amides is 1. The number of carbonyl (C=O) groups is 1. The van der Waals surface area contributed by atoms with E-state index in [1.807, 2.05) is 38.1 Å². The Morgan fingerprint density at radius 2 is 1.94 bits per heavy atom. The van der Waals surface area contributed by atoms with E-state index in [9.17, 15) is 9.59 Å². The molecule has 1 aliphatic rings. The molecule has 0 fully saturated rings. The van der Waals surface area contributed by atoms with Gasteiger partial charge in [0.2, 0.25) is 5.76 Å². The maximum atomic E-state index is 13.7. The number of carbonyl (C=O) groups excluding carboxylic acids is 1. The van der Waals surface area contributed by atoms with E-state index >= 15 is 0 Å². The number of aryl methyl sites for hydroxylation is 2. The molecule has 0 saturated heterocycles. The lowest BCUT2D eigenvalue weighted by Crippen LogP contribution is -2.29. The predicted octanol–water partition coefficient (Wildman–Crippen LogP) is 5.33. The van der Waals surface area contributed by atoms with Gasteiger partial charge in [-0.3, -0.25) is 9.59 Å². The van der Waals surface area contributed by atoms with Crippen LogP contribution in [-0.4, -0.2) is 31.1 Å². The van der Waals surface area contributed by atoms with Gasteiger partial charge in [-0.2, -0.15) is 0 Å². The van der Waals surface area contributed by atoms with E-state index in [1.54, 1.807) is 24.2 Å². The molecule has 33 heavy (non-hydrogen) atoms. The first-order chi connectivity index (χ1) is 15.9. The highest BCUT2D eigenvalue weighted by molar-refractivity contribution is 5.99. The Balaban J connectivity index is 1.90. The lowest BCUT2D eigenvalue weighted by molar-refractivity contribution is 0.0748. The number of hydrogen-bond acceptors (Lipinski definition) is 5. The Morgan fingerprint density at radius 3 is 2.64 bits per heavy atom. The molecule has 6 heteroatoms. The van der Waals surface area contributed by atoms with Gasteiger partial charge in [-0.1, -0.05) is 31.6 Å². The van der Waals surface area contributed by atoms with Crippen LogP contribution in [0.1, 0.15) is 58.6 Å². The first-order valence-electron chi connectivity index (χ1n) is 11.2. The van der Waals surface area contributed by atoms with E-state index in [-0.39, 0.29) is 23.6 Å². The minimum absolute atomic E-state index is 0.0894. The van der Waals surface area contributed by atoms with Gasteiger partial charge in [-0.25, -0.2) is 0 Å². The number of ether oxygens (including phenoxy) is 2. The van der Waals surface area contributed by atoms with E-state index in [0.29, 0.717) is 34.6 Å². The molecule has 0 bridgehead atoms. The van der Waals surface area contributed by atoms with Crippen molar-refractivity contribution >= 4 is 16.9 Å². The van der Waals surface area contributed by atoms with Crippen LogP contribution in [-0.2, 0) is 0 Å². The zero-order chi connectivity index (χ0) is 23.7. The molecule has 4 rings (SSSR count). The molecule has 0 N–H and O–H groups in total. The summed E-state index contributed by atoms with van der Waals surface area (Å²) in [7, 11) is 1.58. The normalized spacial score (nSPS) is 15.1. The molecule has 0 aliphatic carbocycles. The van der Waals surface area contributed by atoms with Crippen molar-refractivity contribution in [3.05, 3.63) is 81.2 Å². The zero-order valence-electron chi connectivity index (χ0n) is 19.6. The lowest BCUT2D eigenvalue weighted by Gasteiger charge is -2.24. The van der Waals surface area contributed by atoms with Crippen LogP contribution in [0.2, 0.25) is 0 Å². The lowest BCUT2D eigenvalue weighted by atomic mass is 9.96. The van der Waals surface area contributed by atoms with Gasteiger partial charge in [0.1, 0.15) is 5.58 Å². The van der Waals surface area contributed by atoms with Crippen molar-refractivity contribution in [3.63, 3.8) is 0 Å². The zero-order valence-corrected chi connectivity index (χ0v) is 19.6. The Morgan fingerprint density at radius 1 is 1.15 bits per heavy atom. The van der Waals surface area contributed by atoms with Crippen molar-refractivity contribution in [2.45, 2.75) is 39.7 Å². The van der Waals surface area contributed by atoms with Crippen molar-refractivity contribution in [1.29, 1.82) is 0 Å². The summed E-state index contributed by atoms with van der Waals surface area (Å²) in [5.41, 5.74) is 3.14.